The summed E-state index contributed by atoms with van der Waals surface area (Å²) in [6.45, 7) is 0. The van der Waals surface area contributed by atoms with Crippen molar-refractivity contribution in [2.24, 2.45) is 0 Å². The van der Waals surface area contributed by atoms with E-state index in [0.717, 1.165) is 55.0 Å². The Morgan fingerprint density at radius 2 is 0.795 bits per heavy atom. The zero-order valence-corrected chi connectivity index (χ0v) is 23.8. The Balaban J connectivity index is 1.10. The van der Waals surface area contributed by atoms with Gasteiger partial charge in [0, 0.05) is 16.2 Å². The Labute approximate surface area is 254 Å². The van der Waals surface area contributed by atoms with E-state index in [2.05, 4.69) is 140 Å². The summed E-state index contributed by atoms with van der Waals surface area (Å²) in [6.07, 6.45) is 0. The lowest BCUT2D eigenvalue weighted by molar-refractivity contribution is 0.663. The third-order valence-electron chi connectivity index (χ3n) is 8.67. The third kappa shape index (κ3) is 4.04. The van der Waals surface area contributed by atoms with Gasteiger partial charge in [0.1, 0.15) is 22.3 Å². The van der Waals surface area contributed by atoms with E-state index >= 15 is 0 Å². The average Bonchev–Trinajstić information content (AvgIpc) is 3.67. The number of furan rings is 2. The van der Waals surface area contributed by atoms with Crippen molar-refractivity contribution in [3.8, 4) is 44.5 Å². The van der Waals surface area contributed by atoms with Crippen molar-refractivity contribution >= 4 is 43.9 Å². The summed E-state index contributed by atoms with van der Waals surface area (Å²) in [5.41, 5.74) is 13.0. The maximum Gasteiger partial charge on any atom is 0.147 e. The number of fused-ring (bicyclic) bond motifs is 7. The van der Waals surface area contributed by atoms with Gasteiger partial charge in [-0.2, -0.15) is 0 Å². The Morgan fingerprint density at radius 3 is 1.45 bits per heavy atom. The summed E-state index contributed by atoms with van der Waals surface area (Å²) < 4.78 is 12.7. The van der Waals surface area contributed by atoms with Crippen LogP contribution in [-0.2, 0) is 0 Å². The monoisotopic (exact) mass is 562 g/mol. The van der Waals surface area contributed by atoms with Gasteiger partial charge in [0.25, 0.3) is 0 Å². The first-order valence-corrected chi connectivity index (χ1v) is 14.9. The van der Waals surface area contributed by atoms with Crippen molar-refractivity contribution in [1.29, 1.82) is 0 Å². The van der Waals surface area contributed by atoms with Crippen LogP contribution in [-0.4, -0.2) is 0 Å². The number of rotatable bonds is 4. The molecule has 0 aliphatic rings. The molecule has 9 rings (SSSR count). The molecular formula is C42H26O2. The molecule has 0 aliphatic heterocycles. The molecule has 0 aliphatic carbocycles. The number of benzene rings is 7. The van der Waals surface area contributed by atoms with Crippen LogP contribution in [0, 0.1) is 0 Å². The second-order valence-electron chi connectivity index (χ2n) is 11.3. The summed E-state index contributed by atoms with van der Waals surface area (Å²) in [5, 5.41) is 4.33. The largest absolute Gasteiger partial charge is 0.456 e. The summed E-state index contributed by atoms with van der Waals surface area (Å²) in [5.74, 6) is 0. The highest BCUT2D eigenvalue weighted by atomic mass is 16.3. The molecule has 0 unspecified atom stereocenters. The van der Waals surface area contributed by atoms with Gasteiger partial charge < -0.3 is 8.83 Å². The second kappa shape index (κ2) is 9.86. The van der Waals surface area contributed by atoms with E-state index in [1.165, 1.54) is 33.4 Å². The Kier molecular flexibility index (Phi) is 5.54. The second-order valence-corrected chi connectivity index (χ2v) is 11.3. The molecule has 44 heavy (non-hydrogen) atoms. The predicted molar refractivity (Wildman–Crippen MR) is 183 cm³/mol. The van der Waals surface area contributed by atoms with Gasteiger partial charge in [0.15, 0.2) is 0 Å². The van der Waals surface area contributed by atoms with Crippen molar-refractivity contribution in [3.63, 3.8) is 0 Å². The van der Waals surface area contributed by atoms with Crippen LogP contribution in [0.1, 0.15) is 0 Å². The van der Waals surface area contributed by atoms with Gasteiger partial charge >= 0.3 is 0 Å². The minimum atomic E-state index is 0.847. The predicted octanol–water partition coefficient (Wildman–Crippen LogP) is 12.2. The highest BCUT2D eigenvalue weighted by molar-refractivity contribution is 6.22. The number of hydrogen-bond acceptors (Lipinski definition) is 2. The Hall–Kier alpha value is -5.86. The van der Waals surface area contributed by atoms with E-state index in [1.54, 1.807) is 0 Å². The van der Waals surface area contributed by atoms with E-state index in [0.29, 0.717) is 0 Å². The van der Waals surface area contributed by atoms with Gasteiger partial charge in [-0.15, -0.1) is 0 Å². The van der Waals surface area contributed by atoms with Crippen molar-refractivity contribution < 1.29 is 8.83 Å². The lowest BCUT2D eigenvalue weighted by Crippen LogP contribution is -1.84. The molecular weight excluding hydrogens is 536 g/mol. The molecule has 0 bridgehead atoms. The fraction of sp³-hybridized carbons (Fsp3) is 0. The van der Waals surface area contributed by atoms with E-state index < -0.39 is 0 Å². The first-order chi connectivity index (χ1) is 21.8. The number of para-hydroxylation sites is 1. The van der Waals surface area contributed by atoms with E-state index in [4.69, 9.17) is 8.83 Å². The lowest BCUT2D eigenvalue weighted by atomic mass is 9.94. The molecule has 0 amide bonds. The quantitative estimate of drug-likeness (QED) is 0.213. The highest BCUT2D eigenvalue weighted by Gasteiger charge is 2.16. The summed E-state index contributed by atoms with van der Waals surface area (Å²) in [6, 6.07) is 55.7. The molecule has 7 aromatic carbocycles. The van der Waals surface area contributed by atoms with Crippen LogP contribution in [0.2, 0.25) is 0 Å². The van der Waals surface area contributed by atoms with Gasteiger partial charge in [0.2, 0.25) is 0 Å². The fourth-order valence-corrected chi connectivity index (χ4v) is 6.49. The standard InChI is InChI=1S/C42H26O2/c1-2-9-27(10-3-1)28-11-6-12-29(23-28)30-13-7-14-31(24-30)32-15-8-16-33(25-32)34-19-20-35-36-21-22-39-41(42(36)44-40(35)26-34)37-17-4-5-18-38(37)43-39/h1-26H. The maximum absolute atomic E-state index is 6.56. The van der Waals surface area contributed by atoms with Gasteiger partial charge in [-0.05, 0) is 93.0 Å². The van der Waals surface area contributed by atoms with Crippen LogP contribution in [0.4, 0.5) is 0 Å². The van der Waals surface area contributed by atoms with Crippen LogP contribution in [0.5, 0.6) is 0 Å². The molecule has 2 aromatic heterocycles. The summed E-state index contributed by atoms with van der Waals surface area (Å²) >= 11 is 0. The SMILES string of the molecule is c1ccc(-c2cccc(-c3cccc(-c4cccc(-c5ccc6c(c5)oc5c6ccc6oc7ccccc7c65)c4)c3)c2)cc1. The van der Waals surface area contributed by atoms with Crippen molar-refractivity contribution in [3.05, 3.63) is 158 Å². The summed E-state index contributed by atoms with van der Waals surface area (Å²) in [4.78, 5) is 0. The first kappa shape index (κ1) is 24.7. The lowest BCUT2D eigenvalue weighted by Gasteiger charge is -2.10. The zero-order valence-electron chi connectivity index (χ0n) is 23.8. The molecule has 0 saturated heterocycles. The third-order valence-corrected chi connectivity index (χ3v) is 8.67. The van der Waals surface area contributed by atoms with E-state index in [9.17, 15) is 0 Å². The molecule has 206 valence electrons. The first-order valence-electron chi connectivity index (χ1n) is 14.9. The zero-order chi connectivity index (χ0) is 29.0. The van der Waals surface area contributed by atoms with Crippen LogP contribution >= 0.6 is 0 Å². The molecule has 0 saturated carbocycles. The van der Waals surface area contributed by atoms with E-state index in [1.807, 2.05) is 18.2 Å². The number of hydrogen-bond donors (Lipinski definition) is 0. The molecule has 9 aromatic rings. The molecule has 2 nitrogen and oxygen atoms in total. The Morgan fingerprint density at radius 1 is 0.273 bits per heavy atom. The van der Waals surface area contributed by atoms with E-state index in [-0.39, 0.29) is 0 Å². The van der Waals surface area contributed by atoms with Crippen molar-refractivity contribution in [2.75, 3.05) is 0 Å². The normalized spacial score (nSPS) is 11.6. The molecule has 0 N–H and O–H groups in total. The molecule has 2 heterocycles. The van der Waals surface area contributed by atoms with Gasteiger partial charge in [-0.25, -0.2) is 0 Å². The molecule has 0 radical (unpaired) electrons. The van der Waals surface area contributed by atoms with Gasteiger partial charge in [-0.3, -0.25) is 0 Å². The van der Waals surface area contributed by atoms with Crippen LogP contribution < -0.4 is 0 Å². The molecule has 0 fully saturated rings. The molecule has 2 heteroatoms. The minimum absolute atomic E-state index is 0.847. The Bertz CT molecular complexity index is 2490. The van der Waals surface area contributed by atoms with Crippen molar-refractivity contribution in [2.45, 2.75) is 0 Å². The topological polar surface area (TPSA) is 26.3 Å². The highest BCUT2D eigenvalue weighted by Crippen LogP contribution is 2.40. The van der Waals surface area contributed by atoms with Crippen LogP contribution in [0.3, 0.4) is 0 Å². The fourth-order valence-electron chi connectivity index (χ4n) is 6.49. The smallest absolute Gasteiger partial charge is 0.147 e. The van der Waals surface area contributed by atoms with Gasteiger partial charge in [0.05, 0.1) is 5.39 Å². The minimum Gasteiger partial charge on any atom is -0.456 e. The van der Waals surface area contributed by atoms with Crippen LogP contribution in [0.25, 0.3) is 88.4 Å². The summed E-state index contributed by atoms with van der Waals surface area (Å²) in [7, 11) is 0. The average molecular weight is 563 g/mol. The molecule has 0 spiro atoms. The van der Waals surface area contributed by atoms with Gasteiger partial charge in [-0.1, -0.05) is 109 Å². The molecule has 0 atom stereocenters. The maximum atomic E-state index is 6.56. The van der Waals surface area contributed by atoms with Crippen LogP contribution in [0.15, 0.2) is 167 Å². The van der Waals surface area contributed by atoms with Crippen molar-refractivity contribution in [1.82, 2.24) is 0 Å².